The van der Waals surface area contributed by atoms with E-state index in [4.69, 9.17) is 4.42 Å². The lowest BCUT2D eigenvalue weighted by Gasteiger charge is -2.40. The summed E-state index contributed by atoms with van der Waals surface area (Å²) in [6.45, 7) is 5.12. The summed E-state index contributed by atoms with van der Waals surface area (Å²) in [7, 11) is 0. The minimum Gasteiger partial charge on any atom is -0.424 e. The second-order valence-corrected chi connectivity index (χ2v) is 8.79. The maximum absolute atomic E-state index is 15.0. The largest absolute Gasteiger partial charge is 0.424 e. The third-order valence-corrected chi connectivity index (χ3v) is 6.42. The predicted octanol–water partition coefficient (Wildman–Crippen LogP) is 5.09. The van der Waals surface area contributed by atoms with Gasteiger partial charge in [-0.15, -0.1) is 0 Å². The van der Waals surface area contributed by atoms with Crippen LogP contribution in [0.3, 0.4) is 0 Å². The fraction of sp³-hybridized carbons (Fsp3) is 0.308. The third kappa shape index (κ3) is 4.23. The summed E-state index contributed by atoms with van der Waals surface area (Å²) in [5, 5.41) is 3.26. The molecule has 2 atom stereocenters. The van der Waals surface area contributed by atoms with Gasteiger partial charge < -0.3 is 14.6 Å². The van der Waals surface area contributed by atoms with Crippen LogP contribution in [0.4, 0.5) is 10.4 Å². The molecule has 1 amide bonds. The number of fused-ring (bicyclic) bond motifs is 1. The first-order valence-corrected chi connectivity index (χ1v) is 11.5. The number of halogens is 1. The number of carbonyl (C=O) groups excluding carboxylic acids is 1. The first-order chi connectivity index (χ1) is 16.5. The van der Waals surface area contributed by atoms with Crippen LogP contribution in [0.1, 0.15) is 35.7 Å². The Bertz CT molecular complexity index is 1320. The summed E-state index contributed by atoms with van der Waals surface area (Å²) >= 11 is 0. The number of likely N-dealkylation sites (tertiary alicyclic amines) is 1. The van der Waals surface area contributed by atoms with Crippen LogP contribution < -0.4 is 5.32 Å². The van der Waals surface area contributed by atoms with Crippen molar-refractivity contribution in [2.75, 3.05) is 18.4 Å². The minimum absolute atomic E-state index is 0.00476. The fourth-order valence-electron chi connectivity index (χ4n) is 4.63. The Morgan fingerprint density at radius 3 is 2.85 bits per heavy atom. The quantitative estimate of drug-likeness (QED) is 0.448. The summed E-state index contributed by atoms with van der Waals surface area (Å²) < 4.78 is 20.8. The van der Waals surface area contributed by atoms with Gasteiger partial charge in [-0.1, -0.05) is 25.1 Å². The van der Waals surface area contributed by atoms with Crippen molar-refractivity contribution in [1.82, 2.24) is 19.9 Å². The van der Waals surface area contributed by atoms with E-state index in [0.717, 1.165) is 23.9 Å². The van der Waals surface area contributed by atoms with Crippen LogP contribution in [0.15, 0.2) is 59.3 Å². The molecule has 2 aromatic carbocycles. The van der Waals surface area contributed by atoms with Crippen LogP contribution in [0.5, 0.6) is 0 Å². The highest BCUT2D eigenvalue weighted by Gasteiger charge is 2.35. The van der Waals surface area contributed by atoms with Gasteiger partial charge in [0, 0.05) is 31.0 Å². The molecule has 0 aliphatic carbocycles. The van der Waals surface area contributed by atoms with Crippen molar-refractivity contribution < 1.29 is 13.6 Å². The number of nitrogens with zero attached hydrogens (tertiary/aromatic N) is 4. The number of carbonyl (C=O) groups is 1. The predicted molar refractivity (Wildman–Crippen MR) is 128 cm³/mol. The third-order valence-electron chi connectivity index (χ3n) is 6.42. The molecule has 1 aliphatic heterocycles. The molecule has 3 heterocycles. The van der Waals surface area contributed by atoms with E-state index in [1.165, 1.54) is 6.07 Å². The number of nitrogens with one attached hydrogen (secondary N) is 1. The monoisotopic (exact) mass is 459 g/mol. The second-order valence-electron chi connectivity index (χ2n) is 8.79. The molecule has 0 saturated carbocycles. The van der Waals surface area contributed by atoms with Crippen molar-refractivity contribution in [3.8, 4) is 11.4 Å². The number of amides is 1. The fourth-order valence-corrected chi connectivity index (χ4v) is 4.63. The van der Waals surface area contributed by atoms with Gasteiger partial charge in [-0.3, -0.25) is 4.79 Å². The molecular weight excluding hydrogens is 433 g/mol. The van der Waals surface area contributed by atoms with Gasteiger partial charge in [0.2, 0.25) is 0 Å². The maximum atomic E-state index is 15.0. The van der Waals surface area contributed by atoms with Crippen LogP contribution in [0.2, 0.25) is 0 Å². The van der Waals surface area contributed by atoms with Gasteiger partial charge in [-0.2, -0.15) is 4.98 Å². The first-order valence-electron chi connectivity index (χ1n) is 11.5. The summed E-state index contributed by atoms with van der Waals surface area (Å²) in [5.41, 5.74) is 2.99. The highest BCUT2D eigenvalue weighted by atomic mass is 19.1. The Kier molecular flexibility index (Phi) is 5.96. The highest BCUT2D eigenvalue weighted by Crippen LogP contribution is 2.30. The topological polar surface area (TPSA) is 84.2 Å². The van der Waals surface area contributed by atoms with Gasteiger partial charge in [0.25, 0.3) is 11.9 Å². The van der Waals surface area contributed by atoms with E-state index in [2.05, 4.69) is 27.2 Å². The van der Waals surface area contributed by atoms with Crippen molar-refractivity contribution in [3.63, 3.8) is 0 Å². The van der Waals surface area contributed by atoms with E-state index in [9.17, 15) is 4.79 Å². The molecule has 8 heteroatoms. The molecule has 0 radical (unpaired) electrons. The maximum Gasteiger partial charge on any atom is 0.295 e. The summed E-state index contributed by atoms with van der Waals surface area (Å²) in [4.78, 5) is 28.5. The van der Waals surface area contributed by atoms with E-state index in [0.29, 0.717) is 36.1 Å². The van der Waals surface area contributed by atoms with Gasteiger partial charge in [0.1, 0.15) is 11.3 Å². The average Bonchev–Trinajstić information content (AvgIpc) is 3.25. The molecule has 0 bridgehead atoms. The number of oxazole rings is 1. The van der Waals surface area contributed by atoms with Crippen LogP contribution in [-0.4, -0.2) is 44.9 Å². The molecule has 1 aliphatic rings. The van der Waals surface area contributed by atoms with Crippen molar-refractivity contribution in [1.29, 1.82) is 0 Å². The average molecular weight is 460 g/mol. The van der Waals surface area contributed by atoms with Crippen molar-refractivity contribution >= 4 is 23.0 Å². The minimum atomic E-state index is -0.575. The molecule has 1 saturated heterocycles. The zero-order chi connectivity index (χ0) is 23.7. The Morgan fingerprint density at radius 2 is 2.03 bits per heavy atom. The molecule has 5 rings (SSSR count). The molecule has 2 aromatic heterocycles. The molecule has 1 N–H and O–H groups in total. The van der Waals surface area contributed by atoms with Gasteiger partial charge in [0.15, 0.2) is 11.4 Å². The smallest absolute Gasteiger partial charge is 0.295 e. The standard InChI is InChI=1S/C26H26FN5O2/c1-16-9-10-22-20(14-16)31-26(34-22)30-15-21-17(2)6-4-13-32(21)25(33)23-18(7-3-8-19(23)27)24-28-11-5-12-29-24/h3,5,7-12,14,17,21H,4,6,13,15H2,1-2H3,(H,30,31). The zero-order valence-corrected chi connectivity index (χ0v) is 19.2. The molecule has 1 fully saturated rings. The zero-order valence-electron chi connectivity index (χ0n) is 19.2. The van der Waals surface area contributed by atoms with Crippen LogP contribution >= 0.6 is 0 Å². The Hall–Kier alpha value is -3.81. The van der Waals surface area contributed by atoms with Gasteiger partial charge in [-0.05, 0) is 55.5 Å². The number of anilines is 1. The van der Waals surface area contributed by atoms with Crippen molar-refractivity contribution in [2.45, 2.75) is 32.7 Å². The number of aryl methyl sites for hydroxylation is 1. The van der Waals surface area contributed by atoms with Gasteiger partial charge >= 0.3 is 0 Å². The Morgan fingerprint density at radius 1 is 1.21 bits per heavy atom. The highest BCUT2D eigenvalue weighted by molar-refractivity contribution is 6.00. The molecule has 174 valence electrons. The van der Waals surface area contributed by atoms with Crippen molar-refractivity contribution in [2.24, 2.45) is 5.92 Å². The second kappa shape index (κ2) is 9.21. The van der Waals surface area contributed by atoms with E-state index in [-0.39, 0.29) is 23.4 Å². The lowest BCUT2D eigenvalue weighted by Crippen LogP contribution is -2.51. The van der Waals surface area contributed by atoms with Crippen LogP contribution in [0, 0.1) is 18.7 Å². The number of rotatable bonds is 5. The molecule has 7 nitrogen and oxygen atoms in total. The first kappa shape index (κ1) is 22.0. The number of aromatic nitrogens is 3. The summed E-state index contributed by atoms with van der Waals surface area (Å²) in [6, 6.07) is 12.4. The van der Waals surface area contributed by atoms with Gasteiger partial charge in [0.05, 0.1) is 11.6 Å². The van der Waals surface area contributed by atoms with E-state index >= 15 is 4.39 Å². The number of hydrogen-bond donors (Lipinski definition) is 1. The number of hydrogen-bond acceptors (Lipinski definition) is 6. The lowest BCUT2D eigenvalue weighted by atomic mass is 9.89. The van der Waals surface area contributed by atoms with E-state index in [1.54, 1.807) is 35.5 Å². The normalized spacial score (nSPS) is 18.3. The molecule has 0 spiro atoms. The van der Waals surface area contributed by atoms with E-state index < -0.39 is 5.82 Å². The van der Waals surface area contributed by atoms with Crippen LogP contribution in [-0.2, 0) is 0 Å². The Labute approximate surface area is 197 Å². The summed E-state index contributed by atoms with van der Waals surface area (Å²) in [6.07, 6.45) is 5.00. The molecule has 34 heavy (non-hydrogen) atoms. The molecule has 4 aromatic rings. The number of benzene rings is 2. The van der Waals surface area contributed by atoms with Gasteiger partial charge in [-0.25, -0.2) is 14.4 Å². The molecular formula is C26H26FN5O2. The number of piperidine rings is 1. The van der Waals surface area contributed by atoms with Crippen LogP contribution in [0.25, 0.3) is 22.5 Å². The SMILES string of the molecule is Cc1ccc2oc(NCC3C(C)CCCN3C(=O)c3c(F)cccc3-c3ncccn3)nc2c1. The van der Waals surface area contributed by atoms with Crippen molar-refractivity contribution in [3.05, 3.63) is 71.8 Å². The van der Waals surface area contributed by atoms with E-state index in [1.807, 2.05) is 25.1 Å². The molecule has 2 unspecified atom stereocenters. The lowest BCUT2D eigenvalue weighted by molar-refractivity contribution is 0.0535. The Balaban J connectivity index is 1.42. The summed E-state index contributed by atoms with van der Waals surface area (Å²) in [5.74, 6) is -0.381.